The number of hydrogen-bond acceptors (Lipinski definition) is 6. The summed E-state index contributed by atoms with van der Waals surface area (Å²) in [6, 6.07) is 20.1. The molecule has 0 radical (unpaired) electrons. The molecule has 1 saturated heterocycles. The highest BCUT2D eigenvalue weighted by atomic mass is 32.2. The third kappa shape index (κ3) is 5.28. The second-order valence-corrected chi connectivity index (χ2v) is 10.3. The second-order valence-electron chi connectivity index (χ2n) is 9.01. The molecular formula is C28H30N6OS. The minimum absolute atomic E-state index is 0.0736. The van der Waals surface area contributed by atoms with E-state index in [4.69, 9.17) is 0 Å². The highest BCUT2D eigenvalue weighted by molar-refractivity contribution is 8.00. The largest absolute Gasteiger partial charge is 0.372 e. The molecule has 0 bridgehead atoms. The van der Waals surface area contributed by atoms with Gasteiger partial charge in [0.15, 0.2) is 11.0 Å². The smallest absolute Gasteiger partial charge is 0.237 e. The van der Waals surface area contributed by atoms with Gasteiger partial charge in [-0.2, -0.15) is 0 Å². The summed E-state index contributed by atoms with van der Waals surface area (Å²) in [7, 11) is 0. The van der Waals surface area contributed by atoms with Crippen molar-refractivity contribution in [1.29, 1.82) is 0 Å². The minimum atomic E-state index is -0.371. The molecule has 36 heavy (non-hydrogen) atoms. The van der Waals surface area contributed by atoms with E-state index in [-0.39, 0.29) is 11.2 Å². The van der Waals surface area contributed by atoms with Crippen LogP contribution >= 0.6 is 11.8 Å². The van der Waals surface area contributed by atoms with E-state index in [2.05, 4.69) is 50.5 Å². The number of para-hydroxylation sites is 1. The standard InChI is InChI=1S/C28H30N6OS/c1-20-8-4-5-9-25(20)34-26(22-14-16-29-17-15-22)31-32-28(34)36-21(2)27(35)30-23-10-12-24(13-11-23)33-18-6-3-7-19-33/h4-5,8-17,21H,3,6-7,18-19H2,1-2H3,(H,30,35). The Hall–Kier alpha value is -3.65. The molecule has 3 heterocycles. The van der Waals surface area contributed by atoms with Crippen molar-refractivity contribution in [1.82, 2.24) is 19.7 Å². The van der Waals surface area contributed by atoms with Crippen molar-refractivity contribution in [2.75, 3.05) is 23.3 Å². The zero-order valence-corrected chi connectivity index (χ0v) is 21.4. The number of thioether (sulfide) groups is 1. The average Bonchev–Trinajstić information content (AvgIpc) is 3.33. The Morgan fingerprint density at radius 3 is 2.39 bits per heavy atom. The number of nitrogens with one attached hydrogen (secondary N) is 1. The molecule has 1 unspecified atom stereocenters. The minimum Gasteiger partial charge on any atom is -0.372 e. The quantitative estimate of drug-likeness (QED) is 0.327. The van der Waals surface area contributed by atoms with Crippen LogP contribution < -0.4 is 10.2 Å². The van der Waals surface area contributed by atoms with E-state index < -0.39 is 0 Å². The van der Waals surface area contributed by atoms with Crippen molar-refractivity contribution in [3.05, 3.63) is 78.6 Å². The Morgan fingerprint density at radius 1 is 0.944 bits per heavy atom. The van der Waals surface area contributed by atoms with Gasteiger partial charge in [0, 0.05) is 42.4 Å². The summed E-state index contributed by atoms with van der Waals surface area (Å²) >= 11 is 1.40. The summed E-state index contributed by atoms with van der Waals surface area (Å²) in [5.74, 6) is 0.644. The molecule has 2 aromatic heterocycles. The van der Waals surface area contributed by atoms with Crippen LogP contribution in [0.1, 0.15) is 31.7 Å². The number of nitrogens with zero attached hydrogens (tertiary/aromatic N) is 5. The van der Waals surface area contributed by atoms with Crippen molar-refractivity contribution in [2.45, 2.75) is 43.5 Å². The Morgan fingerprint density at radius 2 is 1.67 bits per heavy atom. The summed E-state index contributed by atoms with van der Waals surface area (Å²) in [5, 5.41) is 12.3. The van der Waals surface area contributed by atoms with E-state index in [1.807, 2.05) is 54.0 Å². The van der Waals surface area contributed by atoms with Crippen LogP contribution in [-0.2, 0) is 4.79 Å². The normalized spacial score (nSPS) is 14.4. The maximum atomic E-state index is 13.1. The Kier molecular flexibility index (Phi) is 7.32. The van der Waals surface area contributed by atoms with Gasteiger partial charge < -0.3 is 10.2 Å². The molecule has 1 N–H and O–H groups in total. The summed E-state index contributed by atoms with van der Waals surface area (Å²) in [6.45, 7) is 6.15. The molecule has 8 heteroatoms. The maximum absolute atomic E-state index is 13.1. The number of carbonyl (C=O) groups is 1. The lowest BCUT2D eigenvalue weighted by molar-refractivity contribution is -0.115. The van der Waals surface area contributed by atoms with Crippen LogP contribution in [0.2, 0.25) is 0 Å². The van der Waals surface area contributed by atoms with Crippen LogP contribution in [-0.4, -0.2) is 44.0 Å². The van der Waals surface area contributed by atoms with Gasteiger partial charge in [0.2, 0.25) is 5.91 Å². The first-order chi connectivity index (χ1) is 17.6. The number of anilines is 2. The lowest BCUT2D eigenvalue weighted by Gasteiger charge is -2.28. The summed E-state index contributed by atoms with van der Waals surface area (Å²) in [4.78, 5) is 19.6. The fraction of sp³-hybridized carbons (Fsp3) is 0.286. The predicted molar refractivity (Wildman–Crippen MR) is 146 cm³/mol. The second kappa shape index (κ2) is 11.0. The molecule has 5 rings (SSSR count). The first-order valence-corrected chi connectivity index (χ1v) is 13.2. The van der Waals surface area contributed by atoms with Crippen LogP contribution in [0.3, 0.4) is 0 Å². The fourth-order valence-corrected chi connectivity index (χ4v) is 5.29. The van der Waals surface area contributed by atoms with E-state index >= 15 is 0 Å². The molecule has 0 aliphatic carbocycles. The van der Waals surface area contributed by atoms with E-state index in [1.165, 1.54) is 36.7 Å². The van der Waals surface area contributed by atoms with Gasteiger partial charge in [-0.1, -0.05) is 30.0 Å². The third-order valence-electron chi connectivity index (χ3n) is 6.44. The highest BCUT2D eigenvalue weighted by Gasteiger charge is 2.23. The number of hydrogen-bond donors (Lipinski definition) is 1. The fourth-order valence-electron chi connectivity index (χ4n) is 4.43. The Balaban J connectivity index is 1.34. The summed E-state index contributed by atoms with van der Waals surface area (Å²) in [5.41, 5.74) is 5.01. The van der Waals surface area contributed by atoms with Crippen LogP contribution in [0.5, 0.6) is 0 Å². The van der Waals surface area contributed by atoms with Gasteiger partial charge in [0.05, 0.1) is 10.9 Å². The van der Waals surface area contributed by atoms with Crippen molar-refractivity contribution in [2.24, 2.45) is 0 Å². The molecule has 1 aliphatic rings. The third-order valence-corrected chi connectivity index (χ3v) is 7.48. The summed E-state index contributed by atoms with van der Waals surface area (Å²) < 4.78 is 2.02. The number of aromatic nitrogens is 4. The van der Waals surface area contributed by atoms with Crippen molar-refractivity contribution in [3.8, 4) is 17.1 Å². The van der Waals surface area contributed by atoms with Crippen LogP contribution in [0.15, 0.2) is 78.2 Å². The van der Waals surface area contributed by atoms with Crippen molar-refractivity contribution >= 4 is 29.0 Å². The molecule has 4 aromatic rings. The molecular weight excluding hydrogens is 468 g/mol. The van der Waals surface area contributed by atoms with Gasteiger partial charge in [-0.3, -0.25) is 14.3 Å². The zero-order chi connectivity index (χ0) is 24.9. The Bertz CT molecular complexity index is 1320. The van der Waals surface area contributed by atoms with Crippen molar-refractivity contribution < 1.29 is 4.79 Å². The predicted octanol–water partition coefficient (Wildman–Crippen LogP) is 5.75. The van der Waals surface area contributed by atoms with Gasteiger partial charge in [0.25, 0.3) is 0 Å². The number of pyridine rings is 1. The first-order valence-electron chi connectivity index (χ1n) is 12.3. The number of rotatable bonds is 7. The first kappa shape index (κ1) is 24.1. The molecule has 1 amide bonds. The van der Waals surface area contributed by atoms with Gasteiger partial charge in [-0.05, 0) is 81.1 Å². The molecule has 184 valence electrons. The summed E-state index contributed by atoms with van der Waals surface area (Å²) in [6.07, 6.45) is 7.27. The number of carbonyl (C=O) groups excluding carboxylic acids is 1. The molecule has 0 spiro atoms. The number of aryl methyl sites for hydroxylation is 1. The van der Waals surface area contributed by atoms with E-state index in [0.29, 0.717) is 5.16 Å². The number of amides is 1. The van der Waals surface area contributed by atoms with Gasteiger partial charge in [-0.15, -0.1) is 10.2 Å². The monoisotopic (exact) mass is 498 g/mol. The van der Waals surface area contributed by atoms with Gasteiger partial charge in [-0.25, -0.2) is 0 Å². The highest BCUT2D eigenvalue weighted by Crippen LogP contribution is 2.31. The molecule has 1 fully saturated rings. The maximum Gasteiger partial charge on any atom is 0.237 e. The van der Waals surface area contributed by atoms with Crippen molar-refractivity contribution in [3.63, 3.8) is 0 Å². The van der Waals surface area contributed by atoms with Crippen LogP contribution in [0, 0.1) is 6.92 Å². The van der Waals surface area contributed by atoms with Crippen LogP contribution in [0.4, 0.5) is 11.4 Å². The average molecular weight is 499 g/mol. The topological polar surface area (TPSA) is 75.9 Å². The van der Waals surface area contributed by atoms with E-state index in [1.54, 1.807) is 12.4 Å². The van der Waals surface area contributed by atoms with E-state index in [0.717, 1.165) is 41.4 Å². The molecule has 1 aliphatic heterocycles. The number of benzene rings is 2. The zero-order valence-electron chi connectivity index (χ0n) is 20.6. The van der Waals surface area contributed by atoms with E-state index in [9.17, 15) is 4.79 Å². The molecule has 0 saturated carbocycles. The van der Waals surface area contributed by atoms with Gasteiger partial charge >= 0.3 is 0 Å². The molecule has 2 aromatic carbocycles. The molecule has 7 nitrogen and oxygen atoms in total. The number of piperidine rings is 1. The lowest BCUT2D eigenvalue weighted by atomic mass is 10.1. The van der Waals surface area contributed by atoms with Gasteiger partial charge in [0.1, 0.15) is 0 Å². The van der Waals surface area contributed by atoms with Crippen LogP contribution in [0.25, 0.3) is 17.1 Å². The molecule has 1 atom stereocenters. The SMILES string of the molecule is Cc1ccccc1-n1c(SC(C)C(=O)Nc2ccc(N3CCCCC3)cc2)nnc1-c1ccncc1. The Labute approximate surface area is 216 Å². The lowest BCUT2D eigenvalue weighted by Crippen LogP contribution is -2.29.